The topological polar surface area (TPSA) is 59.2 Å². The summed E-state index contributed by atoms with van der Waals surface area (Å²) in [6, 6.07) is 3.96. The zero-order chi connectivity index (χ0) is 15.2. The molecule has 0 saturated heterocycles. The van der Waals surface area contributed by atoms with Gasteiger partial charge in [0.2, 0.25) is 0 Å². The predicted molar refractivity (Wildman–Crippen MR) is 80.2 cm³/mol. The van der Waals surface area contributed by atoms with Crippen LogP contribution in [0.2, 0.25) is 0 Å². The van der Waals surface area contributed by atoms with Gasteiger partial charge >= 0.3 is 0 Å². The number of thiazole rings is 1. The van der Waals surface area contributed by atoms with Gasteiger partial charge in [-0.15, -0.1) is 11.3 Å². The van der Waals surface area contributed by atoms with Crippen molar-refractivity contribution in [3.63, 3.8) is 0 Å². The van der Waals surface area contributed by atoms with Crippen molar-refractivity contribution >= 4 is 17.2 Å². The Hall–Kier alpha value is -2.23. The molecule has 0 radical (unpaired) electrons. The molecular formula is C15H14FN3OS. The first-order valence-electron chi connectivity index (χ1n) is 6.23. The number of benzene rings is 1. The summed E-state index contributed by atoms with van der Waals surface area (Å²) in [6.45, 7) is 0.544. The Morgan fingerprint density at radius 2 is 2.33 bits per heavy atom. The van der Waals surface area contributed by atoms with Crippen LogP contribution < -0.4 is 5.73 Å². The van der Waals surface area contributed by atoms with E-state index in [0.717, 1.165) is 5.69 Å². The number of carbonyl (C=O) groups is 1. The largest absolute Gasteiger partial charge is 0.336 e. The van der Waals surface area contributed by atoms with Crippen LogP contribution in [0.1, 0.15) is 21.6 Å². The Morgan fingerprint density at radius 1 is 1.52 bits per heavy atom. The second kappa shape index (κ2) is 6.97. The van der Waals surface area contributed by atoms with Crippen LogP contribution >= 0.6 is 11.3 Å². The number of hydrogen-bond acceptors (Lipinski definition) is 4. The number of hydrogen-bond donors (Lipinski definition) is 1. The molecule has 0 aliphatic carbocycles. The molecule has 1 aromatic heterocycles. The van der Waals surface area contributed by atoms with Crippen molar-refractivity contribution < 1.29 is 9.18 Å². The minimum absolute atomic E-state index is 0.180. The van der Waals surface area contributed by atoms with E-state index in [-0.39, 0.29) is 18.0 Å². The minimum Gasteiger partial charge on any atom is -0.336 e. The lowest BCUT2D eigenvalue weighted by atomic mass is 10.1. The van der Waals surface area contributed by atoms with Crippen molar-refractivity contribution in [1.82, 2.24) is 9.88 Å². The molecule has 2 N–H and O–H groups in total. The molecule has 0 aliphatic heterocycles. The molecule has 21 heavy (non-hydrogen) atoms. The van der Waals surface area contributed by atoms with E-state index in [0.29, 0.717) is 12.1 Å². The maximum absolute atomic E-state index is 13.4. The number of amides is 1. The zero-order valence-corrected chi connectivity index (χ0v) is 12.3. The third kappa shape index (κ3) is 3.88. The van der Waals surface area contributed by atoms with Crippen LogP contribution in [0.4, 0.5) is 4.39 Å². The average molecular weight is 303 g/mol. The molecule has 0 aliphatic rings. The van der Waals surface area contributed by atoms with Gasteiger partial charge in [0, 0.05) is 18.0 Å². The summed E-state index contributed by atoms with van der Waals surface area (Å²) in [5.41, 5.74) is 8.53. The Bertz CT molecular complexity index is 689. The molecule has 0 fully saturated rings. The van der Waals surface area contributed by atoms with Crippen molar-refractivity contribution in [3.8, 4) is 11.8 Å². The van der Waals surface area contributed by atoms with E-state index < -0.39 is 5.82 Å². The van der Waals surface area contributed by atoms with Crippen LogP contribution in [-0.2, 0) is 6.54 Å². The molecule has 4 nitrogen and oxygen atoms in total. The van der Waals surface area contributed by atoms with Gasteiger partial charge in [-0.1, -0.05) is 11.8 Å². The average Bonchev–Trinajstić information content (AvgIpc) is 2.98. The number of halogens is 1. The molecule has 108 valence electrons. The first-order valence-corrected chi connectivity index (χ1v) is 7.17. The lowest BCUT2D eigenvalue weighted by Gasteiger charge is -2.17. The smallest absolute Gasteiger partial charge is 0.255 e. The highest BCUT2D eigenvalue weighted by Crippen LogP contribution is 2.14. The van der Waals surface area contributed by atoms with Crippen LogP contribution in [0, 0.1) is 17.7 Å². The van der Waals surface area contributed by atoms with E-state index in [1.54, 1.807) is 12.6 Å². The van der Waals surface area contributed by atoms with Crippen LogP contribution in [-0.4, -0.2) is 29.4 Å². The number of nitrogens with zero attached hydrogens (tertiary/aromatic N) is 2. The molecule has 0 saturated carbocycles. The van der Waals surface area contributed by atoms with Crippen LogP contribution in [0.3, 0.4) is 0 Å². The Balaban J connectivity index is 2.26. The van der Waals surface area contributed by atoms with E-state index >= 15 is 0 Å². The number of aromatic nitrogens is 1. The summed E-state index contributed by atoms with van der Waals surface area (Å²) in [6.07, 6.45) is 0. The van der Waals surface area contributed by atoms with Crippen molar-refractivity contribution in [1.29, 1.82) is 0 Å². The van der Waals surface area contributed by atoms with E-state index in [1.165, 1.54) is 34.4 Å². The molecule has 1 amide bonds. The predicted octanol–water partition coefficient (Wildman–Crippen LogP) is 1.86. The van der Waals surface area contributed by atoms with Crippen molar-refractivity contribution in [2.75, 3.05) is 13.6 Å². The third-order valence-corrected chi connectivity index (χ3v) is 3.40. The normalized spacial score (nSPS) is 9.86. The molecular weight excluding hydrogens is 289 g/mol. The fraction of sp³-hybridized carbons (Fsp3) is 0.200. The molecule has 0 atom stereocenters. The summed E-state index contributed by atoms with van der Waals surface area (Å²) in [5.74, 6) is 4.69. The Kier molecular flexibility index (Phi) is 5.04. The zero-order valence-electron chi connectivity index (χ0n) is 11.5. The lowest BCUT2D eigenvalue weighted by Crippen LogP contribution is -2.27. The van der Waals surface area contributed by atoms with E-state index in [2.05, 4.69) is 16.8 Å². The van der Waals surface area contributed by atoms with Crippen molar-refractivity contribution in [2.24, 2.45) is 5.73 Å². The first-order chi connectivity index (χ1) is 10.1. The molecule has 2 aromatic rings. The van der Waals surface area contributed by atoms with Gasteiger partial charge in [-0.05, 0) is 18.2 Å². The highest BCUT2D eigenvalue weighted by atomic mass is 32.1. The van der Waals surface area contributed by atoms with Gasteiger partial charge in [0.05, 0.1) is 29.9 Å². The molecule has 0 bridgehead atoms. The Labute approximate surface area is 126 Å². The number of nitrogens with two attached hydrogens (primary N) is 1. The monoisotopic (exact) mass is 303 g/mol. The third-order valence-electron chi connectivity index (χ3n) is 2.77. The van der Waals surface area contributed by atoms with Gasteiger partial charge in [0.1, 0.15) is 5.82 Å². The van der Waals surface area contributed by atoms with Gasteiger partial charge in [-0.3, -0.25) is 4.79 Å². The van der Waals surface area contributed by atoms with Crippen LogP contribution in [0.15, 0.2) is 29.1 Å². The maximum Gasteiger partial charge on any atom is 0.255 e. The van der Waals surface area contributed by atoms with Gasteiger partial charge in [0.15, 0.2) is 0 Å². The molecule has 1 aromatic carbocycles. The minimum atomic E-state index is -0.473. The van der Waals surface area contributed by atoms with Gasteiger partial charge in [-0.2, -0.15) is 0 Å². The van der Waals surface area contributed by atoms with Crippen LogP contribution in [0.5, 0.6) is 0 Å². The van der Waals surface area contributed by atoms with E-state index in [1.807, 2.05) is 5.38 Å². The van der Waals surface area contributed by atoms with Gasteiger partial charge in [-0.25, -0.2) is 9.37 Å². The molecule has 0 spiro atoms. The Morgan fingerprint density at radius 3 is 3.00 bits per heavy atom. The van der Waals surface area contributed by atoms with E-state index in [9.17, 15) is 9.18 Å². The molecule has 2 rings (SSSR count). The fourth-order valence-corrected chi connectivity index (χ4v) is 2.33. The quantitative estimate of drug-likeness (QED) is 0.881. The summed E-state index contributed by atoms with van der Waals surface area (Å²) < 4.78 is 13.4. The second-order valence-electron chi connectivity index (χ2n) is 4.34. The summed E-state index contributed by atoms with van der Waals surface area (Å²) >= 11 is 1.46. The van der Waals surface area contributed by atoms with Crippen LogP contribution in [0.25, 0.3) is 0 Å². The molecule has 1 heterocycles. The fourth-order valence-electron chi connectivity index (χ4n) is 1.78. The maximum atomic E-state index is 13.4. The highest BCUT2D eigenvalue weighted by molar-refractivity contribution is 7.07. The van der Waals surface area contributed by atoms with Gasteiger partial charge < -0.3 is 10.6 Å². The lowest BCUT2D eigenvalue weighted by molar-refractivity contribution is 0.0783. The molecule has 0 unspecified atom stereocenters. The van der Waals surface area contributed by atoms with E-state index in [4.69, 9.17) is 5.73 Å². The first kappa shape index (κ1) is 15.2. The summed E-state index contributed by atoms with van der Waals surface area (Å²) in [4.78, 5) is 18.1. The van der Waals surface area contributed by atoms with Crippen molar-refractivity contribution in [3.05, 3.63) is 51.7 Å². The second-order valence-corrected chi connectivity index (χ2v) is 5.06. The molecule has 6 heteroatoms. The standard InChI is InChI=1S/C15H14FN3OS/c1-19(8-13-9-21-10-18-13)15(20)14-7-12(16)5-4-11(14)3-2-6-17/h4-5,7,9-10H,6,8,17H2,1H3. The number of carbonyl (C=O) groups excluding carboxylic acids is 1. The SMILES string of the molecule is CN(Cc1cscn1)C(=O)c1cc(F)ccc1C#CCN. The summed E-state index contributed by atoms with van der Waals surface area (Å²) in [5, 5.41) is 1.87. The van der Waals surface area contributed by atoms with Crippen molar-refractivity contribution in [2.45, 2.75) is 6.54 Å². The number of rotatable bonds is 3. The highest BCUT2D eigenvalue weighted by Gasteiger charge is 2.17. The van der Waals surface area contributed by atoms with Gasteiger partial charge in [0.25, 0.3) is 5.91 Å². The summed E-state index contributed by atoms with van der Waals surface area (Å²) in [7, 11) is 1.65.